The van der Waals surface area contributed by atoms with Crippen LogP contribution in [0.15, 0.2) is 31.0 Å². The van der Waals surface area contributed by atoms with E-state index in [4.69, 9.17) is 0 Å². The molecule has 7 nitrogen and oxygen atoms in total. The third-order valence-electron chi connectivity index (χ3n) is 5.31. The van der Waals surface area contributed by atoms with E-state index in [2.05, 4.69) is 25.3 Å². The first kappa shape index (κ1) is 17.9. The van der Waals surface area contributed by atoms with E-state index < -0.39 is 18.0 Å². The molecule has 0 spiro atoms. The summed E-state index contributed by atoms with van der Waals surface area (Å²) in [4.78, 5) is 17.4. The van der Waals surface area contributed by atoms with Crippen LogP contribution in [0.1, 0.15) is 18.5 Å². The van der Waals surface area contributed by atoms with Crippen molar-refractivity contribution < 1.29 is 18.3 Å². The fourth-order valence-electron chi connectivity index (χ4n) is 4.01. The molecule has 4 atom stereocenters. The van der Waals surface area contributed by atoms with Gasteiger partial charge in [-0.05, 0) is 24.7 Å². The number of hydrogen-bond acceptors (Lipinski definition) is 7. The number of anilines is 2. The Balaban J connectivity index is 1.46. The summed E-state index contributed by atoms with van der Waals surface area (Å²) < 4.78 is 38.7. The minimum Gasteiger partial charge on any atom is -0.391 e. The molecule has 1 aliphatic heterocycles. The van der Waals surface area contributed by atoms with E-state index in [0.717, 1.165) is 12.4 Å². The Labute approximate surface area is 153 Å². The molecular weight excluding hydrogens is 361 g/mol. The third kappa shape index (κ3) is 3.80. The molecule has 144 valence electrons. The summed E-state index contributed by atoms with van der Waals surface area (Å²) in [5.41, 5.74) is -0.940. The van der Waals surface area contributed by atoms with Gasteiger partial charge < -0.3 is 15.3 Å². The average molecular weight is 380 g/mol. The lowest BCUT2D eigenvalue weighted by molar-refractivity contribution is -0.141. The summed E-state index contributed by atoms with van der Waals surface area (Å²) in [6.45, 7) is 1.18. The van der Waals surface area contributed by atoms with Crippen molar-refractivity contribution >= 4 is 11.6 Å². The topological polar surface area (TPSA) is 87.1 Å². The average Bonchev–Trinajstić information content (AvgIpc) is 3.05. The molecule has 2 aliphatic rings. The number of nitrogens with zero attached hydrogens (tertiary/aromatic N) is 5. The molecule has 0 radical (unpaired) electrons. The SMILES string of the molecule is O[C@@H]1C[C@H]2CN(c3cc(C(F)(F)F)ncn3)C[C@H]2C[C@H]1Nc1cnccn1. The third-order valence-corrected chi connectivity index (χ3v) is 5.31. The molecule has 1 saturated heterocycles. The van der Waals surface area contributed by atoms with E-state index in [0.29, 0.717) is 31.7 Å². The van der Waals surface area contributed by atoms with Gasteiger partial charge in [0.15, 0.2) is 0 Å². The van der Waals surface area contributed by atoms with E-state index in [1.165, 1.54) is 0 Å². The zero-order valence-electron chi connectivity index (χ0n) is 14.3. The Bertz CT molecular complexity index is 790. The normalized spacial score (nSPS) is 28.1. The van der Waals surface area contributed by atoms with Gasteiger partial charge in [0.2, 0.25) is 0 Å². The molecule has 2 fully saturated rings. The van der Waals surface area contributed by atoms with E-state index in [1.54, 1.807) is 18.6 Å². The van der Waals surface area contributed by atoms with Crippen molar-refractivity contribution in [2.24, 2.45) is 11.8 Å². The Kier molecular flexibility index (Phi) is 4.58. The first-order valence-corrected chi connectivity index (χ1v) is 8.75. The van der Waals surface area contributed by atoms with Crippen LogP contribution in [0.4, 0.5) is 24.8 Å². The van der Waals surface area contributed by atoms with Crippen molar-refractivity contribution in [2.75, 3.05) is 23.3 Å². The summed E-state index contributed by atoms with van der Waals surface area (Å²) in [5.74, 6) is 1.34. The number of rotatable bonds is 3. The van der Waals surface area contributed by atoms with Crippen LogP contribution in [0.5, 0.6) is 0 Å². The molecule has 0 amide bonds. The van der Waals surface area contributed by atoms with Gasteiger partial charge in [-0.15, -0.1) is 0 Å². The molecule has 4 rings (SSSR count). The molecule has 0 bridgehead atoms. The van der Waals surface area contributed by atoms with Crippen LogP contribution in [0, 0.1) is 11.8 Å². The van der Waals surface area contributed by atoms with E-state index in [1.807, 2.05) is 4.90 Å². The van der Waals surface area contributed by atoms with Gasteiger partial charge in [0.1, 0.15) is 23.7 Å². The Morgan fingerprint density at radius 1 is 1.07 bits per heavy atom. The quantitative estimate of drug-likeness (QED) is 0.842. The summed E-state index contributed by atoms with van der Waals surface area (Å²) in [6, 6.07) is 0.822. The highest BCUT2D eigenvalue weighted by molar-refractivity contribution is 5.42. The number of alkyl halides is 3. The summed E-state index contributed by atoms with van der Waals surface area (Å²) in [5, 5.41) is 13.7. The number of aliphatic hydroxyl groups is 1. The van der Waals surface area contributed by atoms with Gasteiger partial charge in [-0.1, -0.05) is 0 Å². The maximum absolute atomic E-state index is 12.9. The highest BCUT2D eigenvalue weighted by atomic mass is 19.4. The zero-order chi connectivity index (χ0) is 19.0. The maximum atomic E-state index is 12.9. The smallest absolute Gasteiger partial charge is 0.391 e. The molecule has 2 N–H and O–H groups in total. The molecule has 0 aromatic carbocycles. The maximum Gasteiger partial charge on any atom is 0.433 e. The van der Waals surface area contributed by atoms with Gasteiger partial charge in [0.25, 0.3) is 0 Å². The van der Waals surface area contributed by atoms with Gasteiger partial charge in [-0.2, -0.15) is 13.2 Å². The second kappa shape index (κ2) is 6.91. The van der Waals surface area contributed by atoms with Crippen LogP contribution in [-0.2, 0) is 6.18 Å². The van der Waals surface area contributed by atoms with Gasteiger partial charge in [-0.25, -0.2) is 15.0 Å². The molecule has 0 unspecified atom stereocenters. The Morgan fingerprint density at radius 3 is 2.56 bits per heavy atom. The number of nitrogens with one attached hydrogen (secondary N) is 1. The number of hydrogen-bond donors (Lipinski definition) is 2. The predicted molar refractivity (Wildman–Crippen MR) is 90.9 cm³/mol. The van der Waals surface area contributed by atoms with Crippen LogP contribution in [0.3, 0.4) is 0 Å². The minimum atomic E-state index is -4.49. The van der Waals surface area contributed by atoms with Crippen molar-refractivity contribution in [1.82, 2.24) is 19.9 Å². The van der Waals surface area contributed by atoms with Crippen LogP contribution in [0.2, 0.25) is 0 Å². The monoisotopic (exact) mass is 380 g/mol. The number of fused-ring (bicyclic) bond motifs is 1. The molecule has 27 heavy (non-hydrogen) atoms. The van der Waals surface area contributed by atoms with E-state index in [9.17, 15) is 18.3 Å². The number of aliphatic hydroxyl groups excluding tert-OH is 1. The Hall–Kier alpha value is -2.49. The summed E-state index contributed by atoms with van der Waals surface area (Å²) >= 11 is 0. The highest BCUT2D eigenvalue weighted by Crippen LogP contribution is 2.39. The second-order valence-electron chi connectivity index (χ2n) is 7.06. The van der Waals surface area contributed by atoms with Crippen LogP contribution < -0.4 is 10.2 Å². The van der Waals surface area contributed by atoms with Crippen molar-refractivity contribution in [3.63, 3.8) is 0 Å². The Morgan fingerprint density at radius 2 is 1.85 bits per heavy atom. The molecule has 1 saturated carbocycles. The zero-order valence-corrected chi connectivity index (χ0v) is 14.3. The number of aromatic nitrogens is 4. The van der Waals surface area contributed by atoms with Crippen LogP contribution in [-0.4, -0.2) is 50.3 Å². The second-order valence-corrected chi connectivity index (χ2v) is 7.06. The summed E-state index contributed by atoms with van der Waals surface area (Å²) in [6.07, 6.45) is 1.94. The van der Waals surface area contributed by atoms with E-state index in [-0.39, 0.29) is 23.7 Å². The van der Waals surface area contributed by atoms with Gasteiger partial charge in [0, 0.05) is 31.5 Å². The molecule has 2 aromatic rings. The van der Waals surface area contributed by atoms with Gasteiger partial charge >= 0.3 is 6.18 Å². The molecule has 1 aliphatic carbocycles. The van der Waals surface area contributed by atoms with Crippen molar-refractivity contribution in [3.8, 4) is 0 Å². The molecule has 2 aromatic heterocycles. The first-order valence-electron chi connectivity index (χ1n) is 8.75. The van der Waals surface area contributed by atoms with Crippen LogP contribution >= 0.6 is 0 Å². The lowest BCUT2D eigenvalue weighted by Gasteiger charge is -2.35. The van der Waals surface area contributed by atoms with Gasteiger partial charge in [-0.3, -0.25) is 4.98 Å². The molecule has 10 heteroatoms. The van der Waals surface area contributed by atoms with Crippen molar-refractivity contribution in [2.45, 2.75) is 31.2 Å². The molecule has 3 heterocycles. The van der Waals surface area contributed by atoms with Crippen molar-refractivity contribution in [3.05, 3.63) is 36.7 Å². The highest BCUT2D eigenvalue weighted by Gasteiger charge is 2.42. The largest absolute Gasteiger partial charge is 0.433 e. The summed E-state index contributed by atoms with van der Waals surface area (Å²) in [7, 11) is 0. The first-order chi connectivity index (χ1) is 12.9. The van der Waals surface area contributed by atoms with E-state index >= 15 is 0 Å². The van der Waals surface area contributed by atoms with Crippen LogP contribution in [0.25, 0.3) is 0 Å². The standard InChI is InChI=1S/C17H19F3N6O/c18-17(19,20)14-5-16(24-9-23-14)26-7-10-3-12(13(27)4-11(10)8-26)25-15-6-21-1-2-22-15/h1-2,5-6,9-13,27H,3-4,7-8H2,(H,22,25)/t10-,11+,12-,13-/m1/s1. The fourth-order valence-corrected chi connectivity index (χ4v) is 4.01. The van der Waals surface area contributed by atoms with Gasteiger partial charge in [0.05, 0.1) is 18.3 Å². The minimum absolute atomic E-state index is 0.168. The fraction of sp³-hybridized carbons (Fsp3) is 0.529. The number of halogens is 3. The lowest BCUT2D eigenvalue weighted by Crippen LogP contribution is -2.43. The van der Waals surface area contributed by atoms with Crippen molar-refractivity contribution in [1.29, 1.82) is 0 Å². The molecular formula is C17H19F3N6O. The predicted octanol–water partition coefficient (Wildman–Crippen LogP) is 1.97. The lowest BCUT2D eigenvalue weighted by atomic mass is 9.77.